The third-order valence-electron chi connectivity index (χ3n) is 4.58. The molecule has 2 heterocycles. The molecule has 1 aliphatic carbocycles. The van der Waals surface area contributed by atoms with Crippen LogP contribution in [0.25, 0.3) is 0 Å². The summed E-state index contributed by atoms with van der Waals surface area (Å²) in [6.45, 7) is 4.76. The molecule has 0 radical (unpaired) electrons. The van der Waals surface area contributed by atoms with E-state index < -0.39 is 0 Å². The summed E-state index contributed by atoms with van der Waals surface area (Å²) in [6.07, 6.45) is 5.28. The van der Waals surface area contributed by atoms with Gasteiger partial charge in [-0.2, -0.15) is 11.3 Å². The Labute approximate surface area is 114 Å². The average molecular weight is 264 g/mol. The van der Waals surface area contributed by atoms with Crippen LogP contribution < -0.4 is 5.73 Å². The highest BCUT2D eigenvalue weighted by Crippen LogP contribution is 2.36. The van der Waals surface area contributed by atoms with Crippen LogP contribution >= 0.6 is 11.3 Å². The highest BCUT2D eigenvalue weighted by molar-refractivity contribution is 7.07. The van der Waals surface area contributed by atoms with E-state index in [1.807, 2.05) is 0 Å². The molecule has 3 heteroatoms. The first-order valence-corrected chi connectivity index (χ1v) is 8.17. The van der Waals surface area contributed by atoms with Gasteiger partial charge in [-0.1, -0.05) is 0 Å². The fourth-order valence-corrected chi connectivity index (χ4v) is 4.07. The minimum absolute atomic E-state index is 0.378. The topological polar surface area (TPSA) is 29.3 Å². The smallest absolute Gasteiger partial charge is 0.0171 e. The Bertz CT molecular complexity index is 372. The van der Waals surface area contributed by atoms with Gasteiger partial charge in [0.25, 0.3) is 0 Å². The molecule has 3 rings (SSSR count). The van der Waals surface area contributed by atoms with Crippen LogP contribution in [0.1, 0.15) is 31.7 Å². The minimum Gasteiger partial charge on any atom is -0.327 e. The molecular weight excluding hydrogens is 240 g/mol. The zero-order valence-electron chi connectivity index (χ0n) is 11.2. The van der Waals surface area contributed by atoms with E-state index >= 15 is 0 Å². The van der Waals surface area contributed by atoms with Crippen LogP contribution in [0.15, 0.2) is 16.8 Å². The molecule has 3 atom stereocenters. The molecule has 0 aromatic carbocycles. The number of piperidine rings is 1. The lowest BCUT2D eigenvalue weighted by atomic mass is 9.89. The number of hydrogen-bond donors (Lipinski definition) is 1. The maximum Gasteiger partial charge on any atom is 0.0171 e. The van der Waals surface area contributed by atoms with Gasteiger partial charge in [0, 0.05) is 25.2 Å². The zero-order chi connectivity index (χ0) is 12.5. The maximum atomic E-state index is 6.26. The highest BCUT2D eigenvalue weighted by Gasteiger charge is 2.35. The van der Waals surface area contributed by atoms with E-state index in [4.69, 9.17) is 5.73 Å². The molecule has 2 aliphatic rings. The standard InChI is InChI=1S/C15H24N2S/c1-11(14-2-3-14)17-8-13(7-15(16)9-17)6-12-4-5-18-10-12/h4-5,10-11,13-15H,2-3,6-9,16H2,1H3. The lowest BCUT2D eigenvalue weighted by molar-refractivity contribution is 0.106. The molecule has 1 saturated heterocycles. The van der Waals surface area contributed by atoms with E-state index in [9.17, 15) is 0 Å². The van der Waals surface area contributed by atoms with E-state index in [0.717, 1.165) is 24.4 Å². The lowest BCUT2D eigenvalue weighted by Crippen LogP contribution is -2.51. The fourth-order valence-electron chi connectivity index (χ4n) is 3.38. The SMILES string of the molecule is CC(C1CC1)N1CC(N)CC(Cc2ccsc2)C1. The molecule has 1 saturated carbocycles. The van der Waals surface area contributed by atoms with Gasteiger partial charge in [0.15, 0.2) is 0 Å². The second-order valence-electron chi connectivity index (χ2n) is 6.23. The van der Waals surface area contributed by atoms with Gasteiger partial charge in [0.1, 0.15) is 0 Å². The van der Waals surface area contributed by atoms with E-state index in [1.165, 1.54) is 37.8 Å². The van der Waals surface area contributed by atoms with Crippen LogP contribution in [0.4, 0.5) is 0 Å². The van der Waals surface area contributed by atoms with Crippen molar-refractivity contribution in [3.8, 4) is 0 Å². The summed E-state index contributed by atoms with van der Waals surface area (Å²) in [6, 6.07) is 3.39. The largest absolute Gasteiger partial charge is 0.327 e. The Kier molecular flexibility index (Phi) is 3.73. The maximum absolute atomic E-state index is 6.26. The Morgan fingerprint density at radius 1 is 1.44 bits per heavy atom. The molecule has 0 amide bonds. The predicted octanol–water partition coefficient (Wildman–Crippen LogP) is 2.74. The molecule has 18 heavy (non-hydrogen) atoms. The first-order valence-electron chi connectivity index (χ1n) is 7.23. The normalized spacial score (nSPS) is 31.4. The highest BCUT2D eigenvalue weighted by atomic mass is 32.1. The van der Waals surface area contributed by atoms with Crippen molar-refractivity contribution >= 4 is 11.3 Å². The van der Waals surface area contributed by atoms with Crippen LogP contribution in [0.5, 0.6) is 0 Å². The van der Waals surface area contributed by atoms with Gasteiger partial charge in [0.05, 0.1) is 0 Å². The van der Waals surface area contributed by atoms with Crippen LogP contribution in [0.2, 0.25) is 0 Å². The molecule has 0 spiro atoms. The molecule has 1 aliphatic heterocycles. The lowest BCUT2D eigenvalue weighted by Gasteiger charge is -2.40. The van der Waals surface area contributed by atoms with Gasteiger partial charge in [-0.25, -0.2) is 0 Å². The number of rotatable bonds is 4. The third kappa shape index (κ3) is 2.95. The molecule has 2 N–H and O–H groups in total. The van der Waals surface area contributed by atoms with Gasteiger partial charge in [-0.15, -0.1) is 0 Å². The monoisotopic (exact) mass is 264 g/mol. The first kappa shape index (κ1) is 12.6. The van der Waals surface area contributed by atoms with Gasteiger partial charge in [-0.05, 0) is 66.8 Å². The van der Waals surface area contributed by atoms with Crippen molar-refractivity contribution in [2.24, 2.45) is 17.6 Å². The van der Waals surface area contributed by atoms with Gasteiger partial charge < -0.3 is 5.73 Å². The Morgan fingerprint density at radius 2 is 2.28 bits per heavy atom. The van der Waals surface area contributed by atoms with Gasteiger partial charge in [0.2, 0.25) is 0 Å². The minimum atomic E-state index is 0.378. The van der Waals surface area contributed by atoms with E-state index in [-0.39, 0.29) is 0 Å². The summed E-state index contributed by atoms with van der Waals surface area (Å²) in [5, 5.41) is 4.47. The molecule has 100 valence electrons. The zero-order valence-corrected chi connectivity index (χ0v) is 12.0. The van der Waals surface area contributed by atoms with Crippen molar-refractivity contribution in [1.82, 2.24) is 4.90 Å². The molecular formula is C15H24N2S. The quantitative estimate of drug-likeness (QED) is 0.906. The summed E-state index contributed by atoms with van der Waals surface area (Å²) in [5.74, 6) is 1.71. The van der Waals surface area contributed by atoms with Crippen molar-refractivity contribution in [1.29, 1.82) is 0 Å². The second-order valence-corrected chi connectivity index (χ2v) is 7.01. The predicted molar refractivity (Wildman–Crippen MR) is 77.9 cm³/mol. The summed E-state index contributed by atoms with van der Waals surface area (Å²) < 4.78 is 0. The molecule has 3 unspecified atom stereocenters. The van der Waals surface area contributed by atoms with Crippen LogP contribution in [0.3, 0.4) is 0 Å². The van der Waals surface area contributed by atoms with Crippen LogP contribution in [-0.4, -0.2) is 30.1 Å². The molecule has 0 bridgehead atoms. The summed E-state index contributed by atoms with van der Waals surface area (Å²) >= 11 is 1.81. The molecule has 2 nitrogen and oxygen atoms in total. The Morgan fingerprint density at radius 3 is 2.94 bits per heavy atom. The Hall–Kier alpha value is -0.380. The Balaban J connectivity index is 1.60. The number of hydrogen-bond acceptors (Lipinski definition) is 3. The van der Waals surface area contributed by atoms with Gasteiger partial charge in [-0.3, -0.25) is 4.90 Å². The number of thiophene rings is 1. The van der Waals surface area contributed by atoms with Crippen LogP contribution in [-0.2, 0) is 6.42 Å². The summed E-state index contributed by atoms with van der Waals surface area (Å²) in [5.41, 5.74) is 7.76. The molecule has 2 fully saturated rings. The molecule has 1 aromatic rings. The summed E-state index contributed by atoms with van der Waals surface area (Å²) in [4.78, 5) is 2.66. The van der Waals surface area contributed by atoms with Crippen molar-refractivity contribution in [3.63, 3.8) is 0 Å². The first-order chi connectivity index (χ1) is 8.72. The van der Waals surface area contributed by atoms with E-state index in [1.54, 1.807) is 11.3 Å². The van der Waals surface area contributed by atoms with Crippen LogP contribution in [0, 0.1) is 11.8 Å². The van der Waals surface area contributed by atoms with Crippen molar-refractivity contribution in [2.45, 2.75) is 44.7 Å². The van der Waals surface area contributed by atoms with E-state index in [0.29, 0.717) is 6.04 Å². The van der Waals surface area contributed by atoms with Crippen molar-refractivity contribution in [3.05, 3.63) is 22.4 Å². The number of nitrogens with zero attached hydrogens (tertiary/aromatic N) is 1. The number of likely N-dealkylation sites (tertiary alicyclic amines) is 1. The summed E-state index contributed by atoms with van der Waals surface area (Å²) in [7, 11) is 0. The molecule has 1 aromatic heterocycles. The second kappa shape index (κ2) is 5.32. The fraction of sp³-hybridized carbons (Fsp3) is 0.733. The number of nitrogens with two attached hydrogens (primary N) is 1. The third-order valence-corrected chi connectivity index (χ3v) is 5.31. The van der Waals surface area contributed by atoms with Crippen molar-refractivity contribution < 1.29 is 0 Å². The average Bonchev–Trinajstić information content (AvgIpc) is 3.07. The van der Waals surface area contributed by atoms with Gasteiger partial charge >= 0.3 is 0 Å². The van der Waals surface area contributed by atoms with Crippen molar-refractivity contribution in [2.75, 3.05) is 13.1 Å². The van der Waals surface area contributed by atoms with E-state index in [2.05, 4.69) is 28.7 Å².